The molecule has 0 radical (unpaired) electrons. The minimum atomic E-state index is 0.151. The molecule has 0 amide bonds. The number of benzene rings is 2. The molecular formula is C17H16N2O2. The first kappa shape index (κ1) is 13.2. The van der Waals surface area contributed by atoms with E-state index in [9.17, 15) is 5.11 Å². The van der Waals surface area contributed by atoms with E-state index in [0.29, 0.717) is 11.3 Å². The van der Waals surface area contributed by atoms with Crippen LogP contribution < -0.4 is 4.74 Å². The fraction of sp³-hybridized carbons (Fsp3) is 0.118. The van der Waals surface area contributed by atoms with Gasteiger partial charge in [0.2, 0.25) is 0 Å². The van der Waals surface area contributed by atoms with E-state index in [1.807, 2.05) is 49.4 Å². The van der Waals surface area contributed by atoms with Gasteiger partial charge in [0.05, 0.1) is 7.11 Å². The van der Waals surface area contributed by atoms with Crippen LogP contribution in [-0.2, 0) is 0 Å². The van der Waals surface area contributed by atoms with Gasteiger partial charge in [0.15, 0.2) is 0 Å². The SMILES string of the molecule is COc1ccc(-c2n[nH]c(C)c2-c2ccccc2)c(O)c1. The van der Waals surface area contributed by atoms with Crippen molar-refractivity contribution in [2.24, 2.45) is 0 Å². The fourth-order valence-corrected chi connectivity index (χ4v) is 2.42. The number of rotatable bonds is 3. The van der Waals surface area contributed by atoms with Crippen molar-refractivity contribution in [2.75, 3.05) is 7.11 Å². The second kappa shape index (κ2) is 5.32. The van der Waals surface area contributed by atoms with Crippen LogP contribution >= 0.6 is 0 Å². The monoisotopic (exact) mass is 280 g/mol. The van der Waals surface area contributed by atoms with Gasteiger partial charge in [-0.1, -0.05) is 30.3 Å². The maximum Gasteiger partial charge on any atom is 0.128 e. The van der Waals surface area contributed by atoms with Crippen molar-refractivity contribution in [3.63, 3.8) is 0 Å². The lowest BCUT2D eigenvalue weighted by Crippen LogP contribution is -1.87. The summed E-state index contributed by atoms with van der Waals surface area (Å²) in [5.41, 5.74) is 4.44. The third kappa shape index (κ3) is 2.36. The molecular weight excluding hydrogens is 264 g/mol. The highest BCUT2D eigenvalue weighted by atomic mass is 16.5. The van der Waals surface area contributed by atoms with Gasteiger partial charge in [-0.15, -0.1) is 0 Å². The largest absolute Gasteiger partial charge is 0.507 e. The van der Waals surface area contributed by atoms with Gasteiger partial charge in [0.25, 0.3) is 0 Å². The summed E-state index contributed by atoms with van der Waals surface area (Å²) in [6, 6.07) is 15.2. The Labute approximate surface area is 123 Å². The van der Waals surface area contributed by atoms with Gasteiger partial charge in [-0.05, 0) is 24.6 Å². The van der Waals surface area contributed by atoms with Gasteiger partial charge in [-0.3, -0.25) is 5.10 Å². The van der Waals surface area contributed by atoms with Gasteiger partial charge < -0.3 is 9.84 Å². The van der Waals surface area contributed by atoms with E-state index >= 15 is 0 Å². The van der Waals surface area contributed by atoms with E-state index in [1.54, 1.807) is 13.2 Å². The van der Waals surface area contributed by atoms with Gasteiger partial charge in [-0.25, -0.2) is 0 Å². The Balaban J connectivity index is 2.17. The third-order valence-corrected chi connectivity index (χ3v) is 3.47. The second-order valence-corrected chi connectivity index (χ2v) is 4.82. The van der Waals surface area contributed by atoms with Crippen molar-refractivity contribution in [2.45, 2.75) is 6.92 Å². The van der Waals surface area contributed by atoms with Crippen LogP contribution in [0.5, 0.6) is 11.5 Å². The number of aromatic amines is 1. The first-order valence-electron chi connectivity index (χ1n) is 6.68. The number of ether oxygens (including phenoxy) is 1. The molecule has 2 aromatic carbocycles. The molecule has 0 aliphatic carbocycles. The molecule has 106 valence electrons. The summed E-state index contributed by atoms with van der Waals surface area (Å²) in [6.45, 7) is 1.97. The van der Waals surface area contributed by atoms with Gasteiger partial charge >= 0.3 is 0 Å². The minimum absolute atomic E-state index is 0.151. The summed E-state index contributed by atoms with van der Waals surface area (Å²) in [5.74, 6) is 0.766. The quantitative estimate of drug-likeness (QED) is 0.768. The van der Waals surface area contributed by atoms with Crippen LogP contribution in [0.2, 0.25) is 0 Å². The molecule has 0 bridgehead atoms. The molecule has 1 aromatic heterocycles. The Kier molecular flexibility index (Phi) is 3.36. The van der Waals surface area contributed by atoms with Crippen LogP contribution in [0, 0.1) is 6.92 Å². The molecule has 1 heterocycles. The van der Waals surface area contributed by atoms with E-state index in [1.165, 1.54) is 0 Å². The average molecular weight is 280 g/mol. The molecule has 0 saturated heterocycles. The number of hydrogen-bond acceptors (Lipinski definition) is 3. The second-order valence-electron chi connectivity index (χ2n) is 4.82. The molecule has 0 fully saturated rings. The highest BCUT2D eigenvalue weighted by molar-refractivity contribution is 5.85. The molecule has 0 aliphatic heterocycles. The van der Waals surface area contributed by atoms with Gasteiger partial charge in [-0.2, -0.15) is 5.10 Å². The highest BCUT2D eigenvalue weighted by Crippen LogP contribution is 2.38. The first-order chi connectivity index (χ1) is 10.2. The Bertz CT molecular complexity index is 764. The number of nitrogens with zero attached hydrogens (tertiary/aromatic N) is 1. The first-order valence-corrected chi connectivity index (χ1v) is 6.68. The number of nitrogens with one attached hydrogen (secondary N) is 1. The van der Waals surface area contributed by atoms with Crippen LogP contribution in [0.4, 0.5) is 0 Å². The zero-order valence-electron chi connectivity index (χ0n) is 11.9. The lowest BCUT2D eigenvalue weighted by Gasteiger charge is -2.08. The summed E-state index contributed by atoms with van der Waals surface area (Å²) in [6.07, 6.45) is 0. The molecule has 21 heavy (non-hydrogen) atoms. The third-order valence-electron chi connectivity index (χ3n) is 3.47. The van der Waals surface area contributed by atoms with Crippen LogP contribution in [-0.4, -0.2) is 22.4 Å². The number of aromatic nitrogens is 2. The molecule has 4 heteroatoms. The Morgan fingerprint density at radius 1 is 1.10 bits per heavy atom. The number of aromatic hydroxyl groups is 1. The number of phenolic OH excluding ortho intramolecular Hbond substituents is 1. The molecule has 3 rings (SSSR count). The van der Waals surface area contributed by atoms with Crippen LogP contribution in [0.1, 0.15) is 5.69 Å². The summed E-state index contributed by atoms with van der Waals surface area (Å²) in [4.78, 5) is 0. The smallest absolute Gasteiger partial charge is 0.128 e. The number of phenols is 1. The number of hydrogen-bond donors (Lipinski definition) is 2. The number of H-pyrrole nitrogens is 1. The topological polar surface area (TPSA) is 58.1 Å². The molecule has 2 N–H and O–H groups in total. The standard InChI is InChI=1S/C17H16N2O2/c1-11-16(12-6-4-3-5-7-12)17(19-18-11)14-9-8-13(21-2)10-15(14)20/h3-10,20H,1-2H3,(H,18,19). The van der Waals surface area contributed by atoms with Crippen molar-refractivity contribution in [1.82, 2.24) is 10.2 Å². The van der Waals surface area contributed by atoms with Crippen LogP contribution in [0.15, 0.2) is 48.5 Å². The predicted octanol–water partition coefficient (Wildman–Crippen LogP) is 3.77. The molecule has 0 unspecified atom stereocenters. The summed E-state index contributed by atoms with van der Waals surface area (Å²) in [7, 11) is 1.57. The molecule has 4 nitrogen and oxygen atoms in total. The predicted molar refractivity (Wildman–Crippen MR) is 82.4 cm³/mol. The molecule has 0 spiro atoms. The summed E-state index contributed by atoms with van der Waals surface area (Å²) < 4.78 is 5.12. The number of aryl methyl sites for hydroxylation is 1. The van der Waals surface area contributed by atoms with Crippen molar-refractivity contribution in [3.8, 4) is 33.9 Å². The van der Waals surface area contributed by atoms with E-state index in [-0.39, 0.29) is 5.75 Å². The fourth-order valence-electron chi connectivity index (χ4n) is 2.42. The average Bonchev–Trinajstić information content (AvgIpc) is 2.89. The highest BCUT2D eigenvalue weighted by Gasteiger charge is 2.17. The maximum atomic E-state index is 10.2. The zero-order valence-corrected chi connectivity index (χ0v) is 11.9. The molecule has 0 atom stereocenters. The van der Waals surface area contributed by atoms with Crippen molar-refractivity contribution in [1.29, 1.82) is 0 Å². The van der Waals surface area contributed by atoms with E-state index in [4.69, 9.17) is 4.74 Å². The summed E-state index contributed by atoms with van der Waals surface area (Å²) in [5, 5.41) is 17.6. The Morgan fingerprint density at radius 2 is 1.86 bits per heavy atom. The number of methoxy groups -OCH3 is 1. The zero-order chi connectivity index (χ0) is 14.8. The maximum absolute atomic E-state index is 10.2. The van der Waals surface area contributed by atoms with Crippen molar-refractivity contribution >= 4 is 0 Å². The molecule has 3 aromatic rings. The lowest BCUT2D eigenvalue weighted by molar-refractivity contribution is 0.408. The van der Waals surface area contributed by atoms with E-state index < -0.39 is 0 Å². The van der Waals surface area contributed by atoms with Gasteiger partial charge in [0, 0.05) is 22.9 Å². The minimum Gasteiger partial charge on any atom is -0.507 e. The van der Waals surface area contributed by atoms with Crippen LogP contribution in [0.3, 0.4) is 0 Å². The normalized spacial score (nSPS) is 10.6. The Hall–Kier alpha value is -2.75. The summed E-state index contributed by atoms with van der Waals surface area (Å²) >= 11 is 0. The van der Waals surface area contributed by atoms with Crippen molar-refractivity contribution < 1.29 is 9.84 Å². The molecule has 0 saturated carbocycles. The van der Waals surface area contributed by atoms with Gasteiger partial charge in [0.1, 0.15) is 17.2 Å². The van der Waals surface area contributed by atoms with E-state index in [2.05, 4.69) is 10.2 Å². The van der Waals surface area contributed by atoms with Crippen LogP contribution in [0.25, 0.3) is 22.4 Å². The van der Waals surface area contributed by atoms with E-state index in [0.717, 1.165) is 22.5 Å². The molecule has 0 aliphatic rings. The van der Waals surface area contributed by atoms with Crippen molar-refractivity contribution in [3.05, 3.63) is 54.2 Å². The lowest BCUT2D eigenvalue weighted by atomic mass is 9.99. The Morgan fingerprint density at radius 3 is 2.52 bits per heavy atom.